The maximum atomic E-state index is 9.37. The summed E-state index contributed by atoms with van der Waals surface area (Å²) >= 11 is 3.50. The van der Waals surface area contributed by atoms with E-state index in [1.165, 1.54) is 0 Å². The molecule has 1 fully saturated rings. The van der Waals surface area contributed by atoms with Gasteiger partial charge < -0.3 is 15.3 Å². The zero-order valence-electron chi connectivity index (χ0n) is 10.8. The van der Waals surface area contributed by atoms with Crippen molar-refractivity contribution in [2.24, 2.45) is 0 Å². The summed E-state index contributed by atoms with van der Waals surface area (Å²) in [5.41, 5.74) is 1.16. The second kappa shape index (κ2) is 5.76. The predicted molar refractivity (Wildman–Crippen MR) is 80.8 cm³/mol. The third-order valence-electron chi connectivity index (χ3n) is 3.42. The van der Waals surface area contributed by atoms with Crippen LogP contribution in [0.25, 0.3) is 0 Å². The fraction of sp³-hybridized carbons (Fsp3) is 0.286. The van der Waals surface area contributed by atoms with Gasteiger partial charge in [0, 0.05) is 31.9 Å². The van der Waals surface area contributed by atoms with E-state index < -0.39 is 0 Å². The molecule has 5 nitrogen and oxygen atoms in total. The van der Waals surface area contributed by atoms with Crippen molar-refractivity contribution in [1.29, 1.82) is 0 Å². The monoisotopic (exact) mass is 334 g/mol. The van der Waals surface area contributed by atoms with E-state index in [0.29, 0.717) is 5.75 Å². The highest BCUT2D eigenvalue weighted by molar-refractivity contribution is 9.10. The molecule has 2 N–H and O–H groups in total. The largest absolute Gasteiger partial charge is 0.508 e. The Morgan fingerprint density at radius 1 is 1.30 bits per heavy atom. The number of hydrogen-bond acceptors (Lipinski definition) is 5. The lowest BCUT2D eigenvalue weighted by atomic mass is 10.0. The number of phenolic OH excluding ortho intramolecular Hbond substituents is 1. The minimum absolute atomic E-state index is 0.228. The van der Waals surface area contributed by atoms with Crippen molar-refractivity contribution >= 4 is 21.7 Å². The molecule has 0 saturated carbocycles. The molecular weight excluding hydrogens is 320 g/mol. The zero-order valence-corrected chi connectivity index (χ0v) is 12.4. The van der Waals surface area contributed by atoms with Crippen molar-refractivity contribution in [3.05, 3.63) is 46.8 Å². The van der Waals surface area contributed by atoms with E-state index in [1.807, 2.05) is 12.1 Å². The molecule has 2 aromatic rings. The first kappa shape index (κ1) is 13.3. The molecular formula is C14H15BrN4O. The Kier molecular flexibility index (Phi) is 3.84. The van der Waals surface area contributed by atoms with Crippen LogP contribution in [-0.4, -0.2) is 34.7 Å². The normalized spacial score (nSPS) is 19.1. The Bertz CT molecular complexity index is 590. The number of hydrogen-bond donors (Lipinski definition) is 2. The summed E-state index contributed by atoms with van der Waals surface area (Å²) < 4.78 is 0.909. The van der Waals surface area contributed by atoms with Crippen LogP contribution < -0.4 is 10.2 Å². The first-order valence-corrected chi connectivity index (χ1v) is 7.26. The van der Waals surface area contributed by atoms with Gasteiger partial charge in [-0.15, -0.1) is 0 Å². The van der Waals surface area contributed by atoms with Gasteiger partial charge in [0.2, 0.25) is 0 Å². The molecule has 2 heterocycles. The average molecular weight is 335 g/mol. The Hall–Kier alpha value is -1.66. The summed E-state index contributed by atoms with van der Waals surface area (Å²) in [5.74, 6) is 1.21. The molecule has 3 rings (SSSR count). The standard InChI is InChI=1S/C14H15BrN4O/c15-12-7-16-9-18-14(12)19-6-5-17-13(8-19)10-1-3-11(20)4-2-10/h1-4,7,9,13,17,20H,5-6,8H2. The van der Waals surface area contributed by atoms with Gasteiger partial charge >= 0.3 is 0 Å². The van der Waals surface area contributed by atoms with Crippen LogP contribution in [0.3, 0.4) is 0 Å². The van der Waals surface area contributed by atoms with Crippen molar-refractivity contribution in [3.8, 4) is 5.75 Å². The van der Waals surface area contributed by atoms with Gasteiger partial charge in [0.1, 0.15) is 17.9 Å². The van der Waals surface area contributed by atoms with E-state index >= 15 is 0 Å². The van der Waals surface area contributed by atoms with Crippen molar-refractivity contribution < 1.29 is 5.11 Å². The van der Waals surface area contributed by atoms with Crippen LogP contribution in [-0.2, 0) is 0 Å². The molecule has 0 amide bonds. The Balaban J connectivity index is 1.80. The predicted octanol–water partition coefficient (Wildman–Crippen LogP) is 2.10. The van der Waals surface area contributed by atoms with E-state index in [2.05, 4.69) is 36.1 Å². The lowest BCUT2D eigenvalue weighted by Crippen LogP contribution is -2.46. The Labute approximate surface area is 125 Å². The van der Waals surface area contributed by atoms with Crippen molar-refractivity contribution in [1.82, 2.24) is 15.3 Å². The SMILES string of the molecule is Oc1ccc(C2CN(c3ncncc3Br)CCN2)cc1. The fourth-order valence-electron chi connectivity index (χ4n) is 2.41. The molecule has 0 aliphatic carbocycles. The second-order valence-corrected chi connectivity index (χ2v) is 5.59. The fourth-order valence-corrected chi connectivity index (χ4v) is 2.88. The number of phenols is 1. The van der Waals surface area contributed by atoms with Gasteiger partial charge in [-0.2, -0.15) is 0 Å². The quantitative estimate of drug-likeness (QED) is 0.880. The molecule has 1 aliphatic heterocycles. The average Bonchev–Trinajstić information content (AvgIpc) is 2.49. The summed E-state index contributed by atoms with van der Waals surface area (Å²) in [6.07, 6.45) is 3.33. The lowest BCUT2D eigenvalue weighted by molar-refractivity contribution is 0.463. The van der Waals surface area contributed by atoms with Gasteiger partial charge in [-0.05, 0) is 33.6 Å². The number of halogens is 1. The lowest BCUT2D eigenvalue weighted by Gasteiger charge is -2.35. The first-order chi connectivity index (χ1) is 9.74. The Morgan fingerprint density at radius 2 is 2.10 bits per heavy atom. The van der Waals surface area contributed by atoms with Gasteiger partial charge in [0.05, 0.1) is 4.47 Å². The molecule has 1 saturated heterocycles. The van der Waals surface area contributed by atoms with Crippen LogP contribution in [0, 0.1) is 0 Å². The zero-order chi connectivity index (χ0) is 13.9. The van der Waals surface area contributed by atoms with Crippen LogP contribution in [0.5, 0.6) is 5.75 Å². The van der Waals surface area contributed by atoms with E-state index in [9.17, 15) is 5.11 Å². The van der Waals surface area contributed by atoms with Crippen LogP contribution in [0.15, 0.2) is 41.3 Å². The second-order valence-electron chi connectivity index (χ2n) is 4.74. The van der Waals surface area contributed by atoms with Crippen LogP contribution in [0.1, 0.15) is 11.6 Å². The molecule has 1 aromatic heterocycles. The highest BCUT2D eigenvalue weighted by Crippen LogP contribution is 2.26. The van der Waals surface area contributed by atoms with Crippen molar-refractivity contribution in [2.75, 3.05) is 24.5 Å². The molecule has 0 bridgehead atoms. The number of rotatable bonds is 2. The van der Waals surface area contributed by atoms with Gasteiger partial charge in [-0.1, -0.05) is 12.1 Å². The maximum Gasteiger partial charge on any atom is 0.146 e. The van der Waals surface area contributed by atoms with E-state index in [4.69, 9.17) is 0 Å². The third kappa shape index (κ3) is 2.76. The summed E-state index contributed by atoms with van der Waals surface area (Å²) in [4.78, 5) is 10.6. The molecule has 104 valence electrons. The van der Waals surface area contributed by atoms with Crippen molar-refractivity contribution in [3.63, 3.8) is 0 Å². The van der Waals surface area contributed by atoms with Crippen LogP contribution >= 0.6 is 15.9 Å². The molecule has 1 aliphatic rings. The summed E-state index contributed by atoms with van der Waals surface area (Å²) in [6.45, 7) is 2.63. The van der Waals surface area contributed by atoms with E-state index in [-0.39, 0.29) is 6.04 Å². The molecule has 6 heteroatoms. The third-order valence-corrected chi connectivity index (χ3v) is 3.98. The van der Waals surface area contributed by atoms with Crippen LogP contribution in [0.4, 0.5) is 5.82 Å². The Morgan fingerprint density at radius 3 is 2.85 bits per heavy atom. The number of nitrogens with one attached hydrogen (secondary N) is 1. The van der Waals surface area contributed by atoms with Gasteiger partial charge in [0.25, 0.3) is 0 Å². The minimum atomic E-state index is 0.228. The summed E-state index contributed by atoms with van der Waals surface area (Å²) in [5, 5.41) is 12.9. The molecule has 0 spiro atoms. The molecule has 0 radical (unpaired) electrons. The summed E-state index contributed by atoms with van der Waals surface area (Å²) in [7, 11) is 0. The molecule has 1 unspecified atom stereocenters. The molecule has 1 aromatic carbocycles. The highest BCUT2D eigenvalue weighted by Gasteiger charge is 2.22. The number of anilines is 1. The number of aromatic hydroxyl groups is 1. The maximum absolute atomic E-state index is 9.37. The topological polar surface area (TPSA) is 61.3 Å². The van der Waals surface area contributed by atoms with Gasteiger partial charge in [0.15, 0.2) is 0 Å². The van der Waals surface area contributed by atoms with Crippen LogP contribution in [0.2, 0.25) is 0 Å². The minimum Gasteiger partial charge on any atom is -0.508 e. The van der Waals surface area contributed by atoms with E-state index in [1.54, 1.807) is 24.7 Å². The van der Waals surface area contributed by atoms with Crippen molar-refractivity contribution in [2.45, 2.75) is 6.04 Å². The number of benzene rings is 1. The van der Waals surface area contributed by atoms with Gasteiger partial charge in [-0.25, -0.2) is 9.97 Å². The first-order valence-electron chi connectivity index (χ1n) is 6.47. The molecule has 1 atom stereocenters. The number of aromatic nitrogens is 2. The highest BCUT2D eigenvalue weighted by atomic mass is 79.9. The smallest absolute Gasteiger partial charge is 0.146 e. The number of piperazine rings is 1. The van der Waals surface area contributed by atoms with Gasteiger partial charge in [-0.3, -0.25) is 0 Å². The summed E-state index contributed by atoms with van der Waals surface area (Å²) in [6, 6.07) is 7.57. The van der Waals surface area contributed by atoms with E-state index in [0.717, 1.165) is 35.5 Å². The number of nitrogens with zero attached hydrogens (tertiary/aromatic N) is 3. The molecule has 20 heavy (non-hydrogen) atoms.